The number of morpholine rings is 1. The summed E-state index contributed by atoms with van der Waals surface area (Å²) in [5, 5.41) is 12.7. The van der Waals surface area contributed by atoms with Crippen LogP contribution >= 0.6 is 0 Å². The summed E-state index contributed by atoms with van der Waals surface area (Å²) in [6.45, 7) is 3.58. The minimum Gasteiger partial charge on any atom is -0.411 e. The van der Waals surface area contributed by atoms with E-state index in [1.807, 2.05) is 0 Å². The molecule has 0 bridgehead atoms. The van der Waals surface area contributed by atoms with Crippen LogP contribution < -0.4 is 0 Å². The standard InChI is InChI=1S/C12H22N2O2/c15-13-11-5-3-1-2-4-6-12(11)14-7-9-16-10-8-14/h12,15H,1-10H2. The van der Waals surface area contributed by atoms with E-state index in [0.717, 1.165) is 44.9 Å². The van der Waals surface area contributed by atoms with Crippen molar-refractivity contribution in [3.05, 3.63) is 0 Å². The molecule has 1 aliphatic carbocycles. The highest BCUT2D eigenvalue weighted by Gasteiger charge is 2.26. The van der Waals surface area contributed by atoms with Crippen LogP contribution in [0.1, 0.15) is 38.5 Å². The van der Waals surface area contributed by atoms with Gasteiger partial charge in [-0.05, 0) is 19.3 Å². The van der Waals surface area contributed by atoms with E-state index >= 15 is 0 Å². The zero-order valence-corrected chi connectivity index (χ0v) is 9.90. The molecule has 1 unspecified atom stereocenters. The maximum absolute atomic E-state index is 9.14. The topological polar surface area (TPSA) is 45.1 Å². The highest BCUT2D eigenvalue weighted by Crippen LogP contribution is 2.20. The Morgan fingerprint density at radius 3 is 2.62 bits per heavy atom. The van der Waals surface area contributed by atoms with Gasteiger partial charge < -0.3 is 9.94 Å². The highest BCUT2D eigenvalue weighted by atomic mass is 16.5. The average molecular weight is 226 g/mol. The average Bonchev–Trinajstić information content (AvgIpc) is 2.30. The van der Waals surface area contributed by atoms with Crippen LogP contribution in [0.3, 0.4) is 0 Å². The van der Waals surface area contributed by atoms with Gasteiger partial charge in [0.1, 0.15) is 0 Å². The molecule has 1 atom stereocenters. The summed E-state index contributed by atoms with van der Waals surface area (Å²) in [6.07, 6.45) is 7.10. The summed E-state index contributed by atoms with van der Waals surface area (Å²) >= 11 is 0. The first kappa shape index (κ1) is 11.9. The van der Waals surface area contributed by atoms with E-state index in [4.69, 9.17) is 9.94 Å². The second-order valence-corrected chi connectivity index (χ2v) is 4.71. The minimum absolute atomic E-state index is 0.356. The van der Waals surface area contributed by atoms with E-state index in [1.165, 1.54) is 25.7 Å². The molecule has 0 radical (unpaired) electrons. The maximum Gasteiger partial charge on any atom is 0.0742 e. The summed E-state index contributed by atoms with van der Waals surface area (Å²) in [5.74, 6) is 0. The molecular weight excluding hydrogens is 204 g/mol. The molecule has 1 N–H and O–H groups in total. The van der Waals surface area contributed by atoms with Crippen molar-refractivity contribution >= 4 is 5.71 Å². The molecule has 0 aromatic heterocycles. The van der Waals surface area contributed by atoms with Crippen molar-refractivity contribution in [3.63, 3.8) is 0 Å². The van der Waals surface area contributed by atoms with Gasteiger partial charge in [-0.1, -0.05) is 24.4 Å². The van der Waals surface area contributed by atoms with Crippen molar-refractivity contribution in [1.82, 2.24) is 4.90 Å². The van der Waals surface area contributed by atoms with Gasteiger partial charge in [0.15, 0.2) is 0 Å². The Morgan fingerprint density at radius 2 is 1.88 bits per heavy atom. The van der Waals surface area contributed by atoms with Gasteiger partial charge in [0, 0.05) is 13.1 Å². The molecule has 0 amide bonds. The molecular formula is C12H22N2O2. The second-order valence-electron chi connectivity index (χ2n) is 4.71. The Kier molecular flexibility index (Phi) is 4.60. The number of nitrogens with zero attached hydrogens (tertiary/aromatic N) is 2. The molecule has 92 valence electrons. The van der Waals surface area contributed by atoms with Gasteiger partial charge >= 0.3 is 0 Å². The quantitative estimate of drug-likeness (QED) is 0.548. The monoisotopic (exact) mass is 226 g/mol. The summed E-state index contributed by atoms with van der Waals surface area (Å²) in [6, 6.07) is 0.356. The second kappa shape index (κ2) is 6.21. The molecule has 4 heteroatoms. The zero-order chi connectivity index (χ0) is 11.2. The van der Waals surface area contributed by atoms with Crippen molar-refractivity contribution in [2.24, 2.45) is 5.16 Å². The first-order valence-electron chi connectivity index (χ1n) is 6.44. The Hall–Kier alpha value is -0.610. The highest BCUT2D eigenvalue weighted by molar-refractivity contribution is 5.89. The lowest BCUT2D eigenvalue weighted by Crippen LogP contribution is -2.47. The molecule has 16 heavy (non-hydrogen) atoms. The van der Waals surface area contributed by atoms with Crippen molar-refractivity contribution in [1.29, 1.82) is 0 Å². The first-order chi connectivity index (χ1) is 7.92. The maximum atomic E-state index is 9.14. The van der Waals surface area contributed by atoms with Crippen LogP contribution in [0.25, 0.3) is 0 Å². The number of oxime groups is 1. The van der Waals surface area contributed by atoms with Gasteiger partial charge in [0.05, 0.1) is 25.0 Å². The molecule has 2 aliphatic rings. The van der Waals surface area contributed by atoms with Gasteiger partial charge in [-0.25, -0.2) is 0 Å². The molecule has 1 saturated heterocycles. The summed E-state index contributed by atoms with van der Waals surface area (Å²) in [7, 11) is 0. The van der Waals surface area contributed by atoms with Crippen LogP contribution in [0.2, 0.25) is 0 Å². The predicted molar refractivity (Wildman–Crippen MR) is 63.1 cm³/mol. The Bertz CT molecular complexity index is 237. The SMILES string of the molecule is ON=C1CCCCCCC1N1CCOCC1. The first-order valence-corrected chi connectivity index (χ1v) is 6.44. The molecule has 0 aromatic carbocycles. The van der Waals surface area contributed by atoms with Gasteiger partial charge in [-0.2, -0.15) is 0 Å². The van der Waals surface area contributed by atoms with Crippen molar-refractivity contribution < 1.29 is 9.94 Å². The van der Waals surface area contributed by atoms with E-state index in [-0.39, 0.29) is 0 Å². The third-order valence-electron chi connectivity index (χ3n) is 3.66. The third-order valence-corrected chi connectivity index (χ3v) is 3.66. The van der Waals surface area contributed by atoms with Crippen molar-refractivity contribution in [3.8, 4) is 0 Å². The van der Waals surface area contributed by atoms with Crippen LogP contribution in [0, 0.1) is 0 Å². The van der Waals surface area contributed by atoms with E-state index in [0.29, 0.717) is 6.04 Å². The van der Waals surface area contributed by atoms with E-state index in [2.05, 4.69) is 10.1 Å². The van der Waals surface area contributed by atoms with Crippen LogP contribution in [0.15, 0.2) is 5.16 Å². The number of hydrogen-bond acceptors (Lipinski definition) is 4. The molecule has 0 aromatic rings. The molecule has 1 heterocycles. The minimum atomic E-state index is 0.356. The summed E-state index contributed by atoms with van der Waals surface area (Å²) in [4.78, 5) is 2.42. The van der Waals surface area contributed by atoms with Crippen molar-refractivity contribution in [2.75, 3.05) is 26.3 Å². The van der Waals surface area contributed by atoms with Gasteiger partial charge in [0.2, 0.25) is 0 Å². The van der Waals surface area contributed by atoms with E-state index < -0.39 is 0 Å². The summed E-state index contributed by atoms with van der Waals surface area (Å²) < 4.78 is 5.37. The van der Waals surface area contributed by atoms with Crippen LogP contribution in [-0.2, 0) is 4.74 Å². The normalized spacial score (nSPS) is 32.2. The molecule has 2 fully saturated rings. The van der Waals surface area contributed by atoms with Gasteiger partial charge in [-0.3, -0.25) is 4.90 Å². The number of ether oxygens (including phenoxy) is 1. The summed E-state index contributed by atoms with van der Waals surface area (Å²) in [5.41, 5.74) is 0.988. The molecule has 2 rings (SSSR count). The zero-order valence-electron chi connectivity index (χ0n) is 9.90. The largest absolute Gasteiger partial charge is 0.411 e. The van der Waals surface area contributed by atoms with E-state index in [1.54, 1.807) is 0 Å². The lowest BCUT2D eigenvalue weighted by Gasteiger charge is -2.35. The molecule has 1 aliphatic heterocycles. The Balaban J connectivity index is 2.00. The molecule has 4 nitrogen and oxygen atoms in total. The fourth-order valence-electron chi connectivity index (χ4n) is 2.73. The Morgan fingerprint density at radius 1 is 1.12 bits per heavy atom. The van der Waals surface area contributed by atoms with Gasteiger partial charge in [0.25, 0.3) is 0 Å². The third kappa shape index (κ3) is 2.95. The van der Waals surface area contributed by atoms with Crippen LogP contribution in [-0.4, -0.2) is 48.2 Å². The molecule has 1 saturated carbocycles. The smallest absolute Gasteiger partial charge is 0.0742 e. The number of rotatable bonds is 1. The number of hydrogen-bond donors (Lipinski definition) is 1. The fourth-order valence-corrected chi connectivity index (χ4v) is 2.73. The van der Waals surface area contributed by atoms with E-state index in [9.17, 15) is 0 Å². The lowest BCUT2D eigenvalue weighted by atomic mass is 9.93. The van der Waals surface area contributed by atoms with Crippen LogP contribution in [0.5, 0.6) is 0 Å². The predicted octanol–water partition coefficient (Wildman–Crippen LogP) is 1.87. The Labute approximate surface area is 97.3 Å². The van der Waals surface area contributed by atoms with Crippen molar-refractivity contribution in [2.45, 2.75) is 44.6 Å². The van der Waals surface area contributed by atoms with Gasteiger partial charge in [-0.15, -0.1) is 0 Å². The van der Waals surface area contributed by atoms with Crippen LogP contribution in [0.4, 0.5) is 0 Å². The molecule has 0 spiro atoms. The lowest BCUT2D eigenvalue weighted by molar-refractivity contribution is 0.0260. The fraction of sp³-hybridized carbons (Fsp3) is 0.917.